The zero-order valence-electron chi connectivity index (χ0n) is 15.2. The van der Waals surface area contributed by atoms with E-state index in [-0.39, 0.29) is 55.4 Å². The minimum Gasteiger partial charge on any atom is -0.372 e. The van der Waals surface area contributed by atoms with Crippen LogP contribution in [0.4, 0.5) is 13.2 Å². The summed E-state index contributed by atoms with van der Waals surface area (Å²) in [6.07, 6.45) is -4.65. The molecule has 7 nitrogen and oxygen atoms in total. The van der Waals surface area contributed by atoms with Crippen molar-refractivity contribution in [3.05, 3.63) is 29.8 Å². The number of alkyl halides is 3. The van der Waals surface area contributed by atoms with Gasteiger partial charge in [0.05, 0.1) is 17.9 Å². The Labute approximate surface area is 161 Å². The number of carbonyl (C=O) groups excluding carboxylic acids is 2. The predicted octanol–water partition coefficient (Wildman–Crippen LogP) is 1.69. The molecule has 1 heterocycles. The van der Waals surface area contributed by atoms with Gasteiger partial charge in [-0.15, -0.1) is 0 Å². The first kappa shape index (κ1) is 22.3. The lowest BCUT2D eigenvalue weighted by Gasteiger charge is -2.34. The van der Waals surface area contributed by atoms with E-state index in [1.807, 2.05) is 0 Å². The maximum Gasteiger partial charge on any atom is 0.411 e. The standard InChI is InChI=1S/C17H21F3N2O5S/c1-13(23)14-3-2-4-15(11-14)28(25,26)22-8-6-21(7-9-22)16(24)5-10-27-12-17(18,19)20/h2-4,11H,5-10,12H2,1H3. The molecule has 0 saturated carbocycles. The maximum atomic E-state index is 12.7. The Morgan fingerprint density at radius 3 is 2.36 bits per heavy atom. The molecule has 156 valence electrons. The number of nitrogens with zero attached hydrogens (tertiary/aromatic N) is 2. The zero-order chi connectivity index (χ0) is 20.9. The SMILES string of the molecule is CC(=O)c1cccc(S(=O)(=O)N2CCN(C(=O)CCOCC(F)(F)F)CC2)c1. The number of ketones is 1. The second kappa shape index (κ2) is 9.01. The zero-order valence-corrected chi connectivity index (χ0v) is 16.1. The van der Waals surface area contributed by atoms with Gasteiger partial charge < -0.3 is 9.64 Å². The number of halogens is 3. The van der Waals surface area contributed by atoms with Crippen LogP contribution in [-0.4, -0.2) is 74.9 Å². The van der Waals surface area contributed by atoms with E-state index >= 15 is 0 Å². The van der Waals surface area contributed by atoms with E-state index in [0.29, 0.717) is 0 Å². The van der Waals surface area contributed by atoms with Crippen molar-refractivity contribution in [3.8, 4) is 0 Å². The molecule has 1 aliphatic rings. The Morgan fingerprint density at radius 2 is 1.79 bits per heavy atom. The van der Waals surface area contributed by atoms with Crippen LogP contribution in [0.5, 0.6) is 0 Å². The topological polar surface area (TPSA) is 84.0 Å². The lowest BCUT2D eigenvalue weighted by molar-refractivity contribution is -0.175. The lowest BCUT2D eigenvalue weighted by Crippen LogP contribution is -2.50. The number of rotatable bonds is 7. The van der Waals surface area contributed by atoms with Crippen LogP contribution in [0.15, 0.2) is 29.2 Å². The molecule has 1 fully saturated rings. The number of amides is 1. The van der Waals surface area contributed by atoms with Crippen LogP contribution in [-0.2, 0) is 19.6 Å². The highest BCUT2D eigenvalue weighted by atomic mass is 32.2. The number of Topliss-reactive ketones (excluding diaryl/α,β-unsaturated/α-hetero) is 1. The Bertz CT molecular complexity index is 818. The highest BCUT2D eigenvalue weighted by Crippen LogP contribution is 2.19. The highest BCUT2D eigenvalue weighted by molar-refractivity contribution is 7.89. The number of benzene rings is 1. The number of sulfonamides is 1. The fraction of sp³-hybridized carbons (Fsp3) is 0.529. The van der Waals surface area contributed by atoms with Crippen molar-refractivity contribution in [1.29, 1.82) is 0 Å². The van der Waals surface area contributed by atoms with Gasteiger partial charge in [0.2, 0.25) is 15.9 Å². The van der Waals surface area contributed by atoms with Gasteiger partial charge in [-0.05, 0) is 19.1 Å². The minimum absolute atomic E-state index is 0.000488. The minimum atomic E-state index is -4.44. The van der Waals surface area contributed by atoms with Crippen LogP contribution >= 0.6 is 0 Å². The first-order valence-electron chi connectivity index (χ1n) is 8.54. The van der Waals surface area contributed by atoms with Crippen LogP contribution in [0.2, 0.25) is 0 Å². The lowest BCUT2D eigenvalue weighted by atomic mass is 10.2. The van der Waals surface area contributed by atoms with Crippen LogP contribution in [0.1, 0.15) is 23.7 Å². The summed E-state index contributed by atoms with van der Waals surface area (Å²) in [5.41, 5.74) is 0.286. The fourth-order valence-corrected chi connectivity index (χ4v) is 4.18. The summed E-state index contributed by atoms with van der Waals surface area (Å²) in [5, 5.41) is 0. The van der Waals surface area contributed by atoms with Gasteiger partial charge in [0, 0.05) is 31.7 Å². The van der Waals surface area contributed by atoms with E-state index in [1.54, 1.807) is 0 Å². The molecule has 0 spiro atoms. The number of ether oxygens (including phenoxy) is 1. The molecule has 0 aliphatic carbocycles. The molecule has 1 aromatic carbocycles. The van der Waals surface area contributed by atoms with Crippen molar-refractivity contribution in [2.75, 3.05) is 39.4 Å². The van der Waals surface area contributed by atoms with Gasteiger partial charge in [-0.3, -0.25) is 9.59 Å². The quantitative estimate of drug-likeness (QED) is 0.493. The van der Waals surface area contributed by atoms with Crippen LogP contribution in [0, 0.1) is 0 Å². The second-order valence-electron chi connectivity index (χ2n) is 6.29. The Morgan fingerprint density at radius 1 is 1.14 bits per heavy atom. The van der Waals surface area contributed by atoms with E-state index in [4.69, 9.17) is 0 Å². The largest absolute Gasteiger partial charge is 0.411 e. The number of carbonyl (C=O) groups is 2. The molecule has 0 unspecified atom stereocenters. The number of piperazine rings is 1. The van der Waals surface area contributed by atoms with Crippen LogP contribution in [0.25, 0.3) is 0 Å². The molecule has 2 rings (SSSR count). The summed E-state index contributed by atoms with van der Waals surface area (Å²) >= 11 is 0. The Kier molecular flexibility index (Phi) is 7.18. The van der Waals surface area contributed by atoms with Crippen LogP contribution in [0.3, 0.4) is 0 Å². The van der Waals surface area contributed by atoms with Crippen molar-refractivity contribution in [2.45, 2.75) is 24.4 Å². The van der Waals surface area contributed by atoms with E-state index in [9.17, 15) is 31.2 Å². The molecular weight excluding hydrogens is 401 g/mol. The number of hydrogen-bond acceptors (Lipinski definition) is 5. The Balaban J connectivity index is 1.89. The average molecular weight is 422 g/mol. The predicted molar refractivity (Wildman–Crippen MR) is 93.3 cm³/mol. The molecule has 1 aliphatic heterocycles. The first-order valence-corrected chi connectivity index (χ1v) is 9.98. The van der Waals surface area contributed by atoms with E-state index in [0.717, 1.165) is 0 Å². The summed E-state index contributed by atoms with van der Waals surface area (Å²) in [7, 11) is -3.81. The van der Waals surface area contributed by atoms with Gasteiger partial charge in [0.15, 0.2) is 5.78 Å². The van der Waals surface area contributed by atoms with Crippen molar-refractivity contribution < 1.29 is 35.9 Å². The summed E-state index contributed by atoms with van der Waals surface area (Å²) in [6.45, 7) is -0.0497. The molecule has 0 N–H and O–H groups in total. The van der Waals surface area contributed by atoms with Crippen LogP contribution < -0.4 is 0 Å². The average Bonchev–Trinajstić information content (AvgIpc) is 2.64. The molecule has 11 heteroatoms. The normalized spacial score (nSPS) is 16.2. The summed E-state index contributed by atoms with van der Waals surface area (Å²) < 4.78 is 67.1. The number of hydrogen-bond donors (Lipinski definition) is 0. The Hall–Kier alpha value is -1.98. The van der Waals surface area contributed by atoms with Crippen molar-refractivity contribution in [2.24, 2.45) is 0 Å². The summed E-state index contributed by atoms with van der Waals surface area (Å²) in [6, 6.07) is 5.73. The monoisotopic (exact) mass is 422 g/mol. The van der Waals surface area contributed by atoms with Crippen molar-refractivity contribution in [1.82, 2.24) is 9.21 Å². The van der Waals surface area contributed by atoms with E-state index < -0.39 is 28.7 Å². The van der Waals surface area contributed by atoms with Gasteiger partial charge in [-0.1, -0.05) is 12.1 Å². The molecule has 0 bridgehead atoms. The van der Waals surface area contributed by atoms with Crippen molar-refractivity contribution in [3.63, 3.8) is 0 Å². The smallest absolute Gasteiger partial charge is 0.372 e. The maximum absolute atomic E-state index is 12.7. The van der Waals surface area contributed by atoms with Gasteiger partial charge in [-0.2, -0.15) is 17.5 Å². The molecule has 1 amide bonds. The van der Waals surface area contributed by atoms with Gasteiger partial charge in [-0.25, -0.2) is 8.42 Å². The molecule has 1 saturated heterocycles. The third-order valence-corrected chi connectivity index (χ3v) is 6.09. The first-order chi connectivity index (χ1) is 13.0. The van der Waals surface area contributed by atoms with Gasteiger partial charge in [0.25, 0.3) is 0 Å². The summed E-state index contributed by atoms with van der Waals surface area (Å²) in [5.74, 6) is -0.641. The molecule has 0 radical (unpaired) electrons. The van der Waals surface area contributed by atoms with E-state index in [1.165, 1.54) is 40.4 Å². The third kappa shape index (κ3) is 6.01. The molecule has 0 atom stereocenters. The van der Waals surface area contributed by atoms with Gasteiger partial charge >= 0.3 is 6.18 Å². The highest BCUT2D eigenvalue weighted by Gasteiger charge is 2.31. The fourth-order valence-electron chi connectivity index (χ4n) is 2.71. The van der Waals surface area contributed by atoms with E-state index in [2.05, 4.69) is 4.74 Å². The second-order valence-corrected chi connectivity index (χ2v) is 8.22. The molecule has 1 aromatic rings. The molecular formula is C17H21F3N2O5S. The van der Waals surface area contributed by atoms with Gasteiger partial charge in [0.1, 0.15) is 6.61 Å². The third-order valence-electron chi connectivity index (χ3n) is 4.20. The molecule has 28 heavy (non-hydrogen) atoms. The van der Waals surface area contributed by atoms with Crippen molar-refractivity contribution >= 4 is 21.7 Å². The molecule has 0 aromatic heterocycles. The summed E-state index contributed by atoms with van der Waals surface area (Å²) in [4.78, 5) is 24.9.